The largest absolute Gasteiger partial charge is 0.298 e. The summed E-state index contributed by atoms with van der Waals surface area (Å²) in [4.78, 5) is 2.56. The first-order chi connectivity index (χ1) is 5.54. The van der Waals surface area contributed by atoms with E-state index in [0.717, 1.165) is 12.0 Å². The normalized spacial score (nSPS) is 17.0. The highest BCUT2D eigenvalue weighted by atomic mass is 15.2. The molecule has 0 bridgehead atoms. The second kappa shape index (κ2) is 5.58. The molecule has 0 aliphatic carbocycles. The summed E-state index contributed by atoms with van der Waals surface area (Å²) in [5, 5.41) is 0. The molecule has 0 aliphatic rings. The van der Waals surface area contributed by atoms with E-state index in [4.69, 9.17) is 0 Å². The highest BCUT2D eigenvalue weighted by molar-refractivity contribution is 4.73. The highest BCUT2D eigenvalue weighted by Gasteiger charge is 2.19. The van der Waals surface area contributed by atoms with Crippen molar-refractivity contribution >= 4 is 0 Å². The van der Waals surface area contributed by atoms with Crippen molar-refractivity contribution in [3.05, 3.63) is 0 Å². The second-order valence-electron chi connectivity index (χ2n) is 4.05. The predicted octanol–water partition coefficient (Wildman–Crippen LogP) is 3.15. The summed E-state index contributed by atoms with van der Waals surface area (Å²) in [5.41, 5.74) is 0. The van der Waals surface area contributed by atoms with E-state index in [1.54, 1.807) is 0 Å². The van der Waals surface area contributed by atoms with Gasteiger partial charge in [0.1, 0.15) is 0 Å². The molecule has 0 saturated heterocycles. The molecule has 0 spiro atoms. The van der Waals surface area contributed by atoms with Crippen molar-refractivity contribution in [2.24, 2.45) is 5.92 Å². The minimum atomic E-state index is 0.680. The van der Waals surface area contributed by atoms with Crippen LogP contribution in [0.15, 0.2) is 0 Å². The summed E-state index contributed by atoms with van der Waals surface area (Å²) in [5.74, 6) is 0.812. The van der Waals surface area contributed by atoms with E-state index < -0.39 is 0 Å². The Hall–Kier alpha value is -0.0400. The van der Waals surface area contributed by atoms with Gasteiger partial charge in [-0.2, -0.15) is 0 Å². The van der Waals surface area contributed by atoms with E-state index in [2.05, 4.69) is 46.4 Å². The fraction of sp³-hybridized carbons (Fsp3) is 1.00. The molecule has 0 aromatic rings. The fourth-order valence-electron chi connectivity index (χ4n) is 1.79. The van der Waals surface area contributed by atoms with Gasteiger partial charge in [0, 0.05) is 12.1 Å². The number of hydrogen-bond donors (Lipinski definition) is 0. The second-order valence-corrected chi connectivity index (χ2v) is 4.05. The SMILES string of the molecule is CCC(C)C(C)N(CC)C(C)C. The fourth-order valence-corrected chi connectivity index (χ4v) is 1.79. The van der Waals surface area contributed by atoms with Crippen molar-refractivity contribution in [2.75, 3.05) is 6.54 Å². The monoisotopic (exact) mass is 171 g/mol. The zero-order valence-electron chi connectivity index (χ0n) is 9.59. The number of nitrogens with zero attached hydrogens (tertiary/aromatic N) is 1. The van der Waals surface area contributed by atoms with Crippen molar-refractivity contribution in [1.29, 1.82) is 0 Å². The molecule has 0 heterocycles. The van der Waals surface area contributed by atoms with Gasteiger partial charge in [0.15, 0.2) is 0 Å². The molecule has 12 heavy (non-hydrogen) atoms. The van der Waals surface area contributed by atoms with Crippen LogP contribution >= 0.6 is 0 Å². The van der Waals surface area contributed by atoms with E-state index >= 15 is 0 Å². The molecule has 0 fully saturated rings. The van der Waals surface area contributed by atoms with Gasteiger partial charge in [0.05, 0.1) is 0 Å². The van der Waals surface area contributed by atoms with Crippen LogP contribution in [0.25, 0.3) is 0 Å². The van der Waals surface area contributed by atoms with Crippen LogP contribution in [0.3, 0.4) is 0 Å². The molecule has 0 N–H and O–H groups in total. The van der Waals surface area contributed by atoms with Gasteiger partial charge in [-0.3, -0.25) is 4.90 Å². The molecule has 2 unspecified atom stereocenters. The average Bonchev–Trinajstić information content (AvgIpc) is 2.03. The van der Waals surface area contributed by atoms with Crippen LogP contribution in [-0.4, -0.2) is 23.5 Å². The van der Waals surface area contributed by atoms with E-state index in [1.165, 1.54) is 13.0 Å². The number of rotatable bonds is 5. The molecule has 0 radical (unpaired) electrons. The van der Waals surface area contributed by atoms with Gasteiger partial charge >= 0.3 is 0 Å². The van der Waals surface area contributed by atoms with Crippen molar-refractivity contribution in [1.82, 2.24) is 4.90 Å². The lowest BCUT2D eigenvalue weighted by molar-refractivity contribution is 0.130. The van der Waals surface area contributed by atoms with E-state index in [9.17, 15) is 0 Å². The first-order valence-electron chi connectivity index (χ1n) is 5.30. The van der Waals surface area contributed by atoms with Gasteiger partial charge in [-0.05, 0) is 33.2 Å². The van der Waals surface area contributed by atoms with Gasteiger partial charge in [-0.15, -0.1) is 0 Å². The molecule has 0 aromatic carbocycles. The van der Waals surface area contributed by atoms with Gasteiger partial charge in [-0.1, -0.05) is 27.2 Å². The zero-order chi connectivity index (χ0) is 9.72. The zero-order valence-corrected chi connectivity index (χ0v) is 9.59. The van der Waals surface area contributed by atoms with Gasteiger partial charge in [-0.25, -0.2) is 0 Å². The summed E-state index contributed by atoms with van der Waals surface area (Å²) < 4.78 is 0. The van der Waals surface area contributed by atoms with Gasteiger partial charge in [0.25, 0.3) is 0 Å². The highest BCUT2D eigenvalue weighted by Crippen LogP contribution is 2.16. The molecular weight excluding hydrogens is 146 g/mol. The minimum Gasteiger partial charge on any atom is -0.298 e. The third-order valence-corrected chi connectivity index (χ3v) is 3.02. The quantitative estimate of drug-likeness (QED) is 0.614. The third-order valence-electron chi connectivity index (χ3n) is 3.02. The molecule has 0 aromatic heterocycles. The Morgan fingerprint density at radius 3 is 1.75 bits per heavy atom. The Bertz CT molecular complexity index is 110. The van der Waals surface area contributed by atoms with Gasteiger partial charge in [0.2, 0.25) is 0 Å². The van der Waals surface area contributed by atoms with Crippen LogP contribution in [0.2, 0.25) is 0 Å². The van der Waals surface area contributed by atoms with Crippen LogP contribution in [0, 0.1) is 5.92 Å². The molecule has 0 rings (SSSR count). The molecular formula is C11H25N. The molecule has 1 heteroatoms. The Morgan fingerprint density at radius 2 is 1.50 bits per heavy atom. The lowest BCUT2D eigenvalue weighted by Crippen LogP contribution is -2.41. The molecule has 1 nitrogen and oxygen atoms in total. The van der Waals surface area contributed by atoms with Crippen LogP contribution in [0.5, 0.6) is 0 Å². The first kappa shape index (κ1) is 12.0. The summed E-state index contributed by atoms with van der Waals surface area (Å²) in [7, 11) is 0. The van der Waals surface area contributed by atoms with Crippen LogP contribution in [0.4, 0.5) is 0 Å². The Kier molecular flexibility index (Phi) is 5.56. The Labute approximate surface area is 78.1 Å². The summed E-state index contributed by atoms with van der Waals surface area (Å²) in [6.07, 6.45) is 1.28. The maximum atomic E-state index is 2.56. The van der Waals surface area contributed by atoms with Gasteiger partial charge < -0.3 is 0 Å². The van der Waals surface area contributed by atoms with Crippen molar-refractivity contribution < 1.29 is 0 Å². The van der Waals surface area contributed by atoms with E-state index in [-0.39, 0.29) is 0 Å². The maximum Gasteiger partial charge on any atom is 0.00950 e. The summed E-state index contributed by atoms with van der Waals surface area (Å²) >= 11 is 0. The minimum absolute atomic E-state index is 0.680. The molecule has 0 aliphatic heterocycles. The van der Waals surface area contributed by atoms with E-state index in [1.807, 2.05) is 0 Å². The van der Waals surface area contributed by atoms with Crippen LogP contribution in [-0.2, 0) is 0 Å². The lowest BCUT2D eigenvalue weighted by Gasteiger charge is -2.35. The standard InChI is InChI=1S/C11H25N/c1-7-10(5)11(6)12(8-2)9(3)4/h9-11H,7-8H2,1-6H3. The van der Waals surface area contributed by atoms with E-state index in [0.29, 0.717) is 6.04 Å². The van der Waals surface area contributed by atoms with Crippen LogP contribution in [0.1, 0.15) is 48.0 Å². The Balaban J connectivity index is 4.10. The topological polar surface area (TPSA) is 3.24 Å². The summed E-state index contributed by atoms with van der Waals surface area (Å²) in [6, 6.07) is 1.40. The summed E-state index contributed by atoms with van der Waals surface area (Å²) in [6.45, 7) is 14.9. The Morgan fingerprint density at radius 1 is 1.00 bits per heavy atom. The smallest absolute Gasteiger partial charge is 0.00950 e. The number of hydrogen-bond acceptors (Lipinski definition) is 1. The molecule has 0 amide bonds. The molecule has 0 saturated carbocycles. The van der Waals surface area contributed by atoms with Crippen molar-refractivity contribution in [3.63, 3.8) is 0 Å². The van der Waals surface area contributed by atoms with Crippen LogP contribution < -0.4 is 0 Å². The maximum absolute atomic E-state index is 2.56. The molecule has 74 valence electrons. The third kappa shape index (κ3) is 3.14. The predicted molar refractivity (Wildman–Crippen MR) is 56.4 cm³/mol. The lowest BCUT2D eigenvalue weighted by atomic mass is 9.98. The van der Waals surface area contributed by atoms with Crippen molar-refractivity contribution in [2.45, 2.75) is 60.0 Å². The first-order valence-corrected chi connectivity index (χ1v) is 5.30. The van der Waals surface area contributed by atoms with Crippen molar-refractivity contribution in [3.8, 4) is 0 Å². The average molecular weight is 171 g/mol. The molecule has 2 atom stereocenters.